The molecule has 1 nitrogen and oxygen atoms in total. The number of thiazole rings is 1. The second-order valence-corrected chi connectivity index (χ2v) is 3.20. The molecule has 0 saturated heterocycles. The average molecular weight is 180 g/mol. The van der Waals surface area contributed by atoms with E-state index in [1.165, 1.54) is 16.9 Å². The number of hydrogen-bond acceptors (Lipinski definition) is 2. The second kappa shape index (κ2) is 3.20. The largest absolute Gasteiger partial charge is 0.233 e. The van der Waals surface area contributed by atoms with Crippen LogP contribution in [-0.2, 0) is 0 Å². The normalized spacial score (nSPS) is 10.9. The highest BCUT2D eigenvalue weighted by molar-refractivity contribution is 7.16. The van der Waals surface area contributed by atoms with E-state index in [1.807, 2.05) is 0 Å². The second-order valence-electron chi connectivity index (χ2n) is 1.31. The van der Waals surface area contributed by atoms with Crippen LogP contribution in [-0.4, -0.2) is 4.98 Å². The zero-order valence-corrected chi connectivity index (χ0v) is 6.67. The predicted octanol–water partition coefficient (Wildman–Crippen LogP) is 3.01. The molecule has 0 aliphatic rings. The summed E-state index contributed by atoms with van der Waals surface area (Å²) in [4.78, 5) is 4.78. The Kier molecular flexibility index (Phi) is 2.51. The molecule has 0 unspecified atom stereocenters. The van der Waals surface area contributed by atoms with Crippen LogP contribution in [0.2, 0.25) is 4.47 Å². The first kappa shape index (κ1) is 7.06. The van der Waals surface area contributed by atoms with Crippen molar-refractivity contribution in [3.63, 3.8) is 0 Å². The topological polar surface area (TPSA) is 12.9 Å². The molecular weight excluding hydrogens is 177 g/mol. The van der Waals surface area contributed by atoms with Crippen LogP contribution in [0.15, 0.2) is 11.7 Å². The Balaban J connectivity index is 2.85. The van der Waals surface area contributed by atoms with Crippen LogP contribution in [0, 0.1) is 0 Å². The summed E-state index contributed by atoms with van der Waals surface area (Å²) in [6.07, 6.45) is 3.41. The molecule has 0 spiro atoms. The summed E-state index contributed by atoms with van der Waals surface area (Å²) in [5.74, 6) is 0. The monoisotopic (exact) mass is 179 g/mol. The summed E-state index contributed by atoms with van der Waals surface area (Å²) in [5.41, 5.74) is 1.43. The van der Waals surface area contributed by atoms with Gasteiger partial charge in [0.25, 0.3) is 0 Å². The molecule has 0 atom stereocenters. The van der Waals surface area contributed by atoms with E-state index in [2.05, 4.69) is 4.98 Å². The summed E-state index contributed by atoms with van der Waals surface area (Å²) in [5, 5.41) is 0. The number of rotatable bonds is 1. The average Bonchev–Trinajstić information content (AvgIpc) is 2.17. The first-order valence-electron chi connectivity index (χ1n) is 2.21. The van der Waals surface area contributed by atoms with Gasteiger partial charge in [-0.25, -0.2) is 4.98 Å². The molecule has 9 heavy (non-hydrogen) atoms. The Morgan fingerprint density at radius 3 is 2.89 bits per heavy atom. The molecule has 0 aromatic carbocycles. The molecule has 1 rings (SSSR count). The molecule has 0 saturated carbocycles. The van der Waals surface area contributed by atoms with Crippen molar-refractivity contribution in [2.45, 2.75) is 0 Å². The fourth-order valence-corrected chi connectivity index (χ4v) is 1.47. The summed E-state index contributed by atoms with van der Waals surface area (Å²) in [6.45, 7) is 0. The molecule has 1 aromatic heterocycles. The lowest BCUT2D eigenvalue weighted by Gasteiger charge is -1.73. The molecule has 4 heteroatoms. The van der Waals surface area contributed by atoms with Gasteiger partial charge in [-0.05, 0) is 6.08 Å². The van der Waals surface area contributed by atoms with Crippen molar-refractivity contribution >= 4 is 40.6 Å². The number of halogens is 2. The quantitative estimate of drug-likeness (QED) is 0.647. The number of nitrogens with zero attached hydrogens (tertiary/aromatic N) is 1. The van der Waals surface area contributed by atoms with Crippen molar-refractivity contribution in [1.82, 2.24) is 4.98 Å². The maximum Gasteiger partial charge on any atom is 0.184 e. The minimum absolute atomic E-state index is 0.541. The molecular formula is C5H3Cl2NS. The SMILES string of the molecule is ClC=Cc1cnc(Cl)s1. The lowest BCUT2D eigenvalue weighted by molar-refractivity contribution is 1.42. The lowest BCUT2D eigenvalue weighted by atomic mass is 10.5. The number of aromatic nitrogens is 1. The molecule has 48 valence electrons. The van der Waals surface area contributed by atoms with E-state index < -0.39 is 0 Å². The van der Waals surface area contributed by atoms with Crippen LogP contribution in [0.25, 0.3) is 6.08 Å². The maximum atomic E-state index is 5.53. The van der Waals surface area contributed by atoms with Crippen molar-refractivity contribution in [3.8, 4) is 0 Å². The van der Waals surface area contributed by atoms with Crippen LogP contribution in [0.4, 0.5) is 0 Å². The van der Waals surface area contributed by atoms with Crippen LogP contribution < -0.4 is 0 Å². The van der Waals surface area contributed by atoms with Crippen molar-refractivity contribution in [2.75, 3.05) is 0 Å². The van der Waals surface area contributed by atoms with E-state index in [0.29, 0.717) is 4.47 Å². The van der Waals surface area contributed by atoms with Crippen LogP contribution in [0.1, 0.15) is 4.88 Å². The smallest absolute Gasteiger partial charge is 0.184 e. The summed E-state index contributed by atoms with van der Waals surface area (Å²) < 4.78 is 0.541. The third-order valence-corrected chi connectivity index (χ3v) is 1.93. The molecule has 1 heterocycles. The summed E-state index contributed by atoms with van der Waals surface area (Å²) >= 11 is 12.2. The Hall–Kier alpha value is -0.0500. The van der Waals surface area contributed by atoms with Gasteiger partial charge < -0.3 is 0 Å². The third-order valence-electron chi connectivity index (χ3n) is 0.723. The van der Waals surface area contributed by atoms with Crippen molar-refractivity contribution in [3.05, 3.63) is 21.1 Å². The van der Waals surface area contributed by atoms with Gasteiger partial charge in [-0.3, -0.25) is 0 Å². The van der Waals surface area contributed by atoms with E-state index in [9.17, 15) is 0 Å². The van der Waals surface area contributed by atoms with Gasteiger partial charge in [0.15, 0.2) is 4.47 Å². The fourth-order valence-electron chi connectivity index (χ4n) is 0.403. The molecule has 1 aromatic rings. The first-order valence-corrected chi connectivity index (χ1v) is 3.84. The van der Waals surface area contributed by atoms with Crippen molar-refractivity contribution < 1.29 is 0 Å². The van der Waals surface area contributed by atoms with Gasteiger partial charge >= 0.3 is 0 Å². The van der Waals surface area contributed by atoms with Gasteiger partial charge in [0.05, 0.1) is 0 Å². The van der Waals surface area contributed by atoms with Gasteiger partial charge in [-0.2, -0.15) is 0 Å². The van der Waals surface area contributed by atoms with Crippen molar-refractivity contribution in [1.29, 1.82) is 0 Å². The van der Waals surface area contributed by atoms with E-state index in [4.69, 9.17) is 23.2 Å². The zero-order chi connectivity index (χ0) is 6.69. The third kappa shape index (κ3) is 1.97. The Labute approximate surface area is 66.9 Å². The predicted molar refractivity (Wildman–Crippen MR) is 42.0 cm³/mol. The van der Waals surface area contributed by atoms with Crippen LogP contribution in [0.3, 0.4) is 0 Å². The van der Waals surface area contributed by atoms with E-state index >= 15 is 0 Å². The molecule has 0 fully saturated rings. The minimum Gasteiger partial charge on any atom is -0.233 e. The Morgan fingerprint density at radius 1 is 1.67 bits per heavy atom. The first-order chi connectivity index (χ1) is 4.33. The highest BCUT2D eigenvalue weighted by Crippen LogP contribution is 2.18. The summed E-state index contributed by atoms with van der Waals surface area (Å²) in [7, 11) is 0. The van der Waals surface area contributed by atoms with Crippen LogP contribution in [0.5, 0.6) is 0 Å². The van der Waals surface area contributed by atoms with Crippen molar-refractivity contribution in [2.24, 2.45) is 0 Å². The highest BCUT2D eigenvalue weighted by Gasteiger charge is 1.92. The van der Waals surface area contributed by atoms with Gasteiger partial charge in [-0.1, -0.05) is 23.2 Å². The maximum absolute atomic E-state index is 5.53. The fraction of sp³-hybridized carbons (Fsp3) is 0. The van der Waals surface area contributed by atoms with E-state index in [-0.39, 0.29) is 0 Å². The Morgan fingerprint density at radius 2 is 2.44 bits per heavy atom. The Bertz CT molecular complexity index is 218. The standard InChI is InChI=1S/C5H3Cl2NS/c6-2-1-4-3-8-5(7)9-4/h1-3H. The van der Waals surface area contributed by atoms with Gasteiger partial charge in [-0.15, -0.1) is 11.3 Å². The van der Waals surface area contributed by atoms with Gasteiger partial charge in [0.2, 0.25) is 0 Å². The lowest BCUT2D eigenvalue weighted by Crippen LogP contribution is -1.53. The zero-order valence-electron chi connectivity index (χ0n) is 4.34. The van der Waals surface area contributed by atoms with Gasteiger partial charge in [0.1, 0.15) is 0 Å². The number of hydrogen-bond donors (Lipinski definition) is 0. The summed E-state index contributed by atoms with van der Waals surface area (Å²) in [6, 6.07) is 0. The van der Waals surface area contributed by atoms with E-state index in [0.717, 1.165) is 4.88 Å². The molecule has 0 aliphatic carbocycles. The van der Waals surface area contributed by atoms with E-state index in [1.54, 1.807) is 12.3 Å². The minimum atomic E-state index is 0.541. The molecule has 0 bridgehead atoms. The molecule has 0 amide bonds. The highest BCUT2D eigenvalue weighted by atomic mass is 35.5. The molecule has 0 aliphatic heterocycles. The van der Waals surface area contributed by atoms with Crippen LogP contribution >= 0.6 is 34.5 Å². The molecule has 0 radical (unpaired) electrons. The molecule has 0 N–H and O–H groups in total. The van der Waals surface area contributed by atoms with Gasteiger partial charge in [0, 0.05) is 16.6 Å².